The van der Waals surface area contributed by atoms with E-state index in [1.165, 1.54) is 62.5 Å². The first-order valence-corrected chi connectivity index (χ1v) is 7.90. The molecule has 1 saturated carbocycles. The second-order valence-electron chi connectivity index (χ2n) is 5.89. The van der Waals surface area contributed by atoms with Crippen molar-refractivity contribution in [2.45, 2.75) is 64.3 Å². The molecule has 0 radical (unpaired) electrons. The predicted octanol–water partition coefficient (Wildman–Crippen LogP) is 4.11. The van der Waals surface area contributed by atoms with E-state index in [1.807, 2.05) is 0 Å². The fourth-order valence-electron chi connectivity index (χ4n) is 3.33. The number of hydrogen-bond acceptors (Lipinski definition) is 2. The number of nitrogens with one attached hydrogen (secondary N) is 1. The molecule has 0 spiro atoms. The normalized spacial score (nSPS) is 19.1. The molecule has 106 valence electrons. The Balaban J connectivity index is 2.06. The SMILES string of the molecule is CCCc1ccc(C(NN)C2CCCCCC2)cc1. The van der Waals surface area contributed by atoms with Crippen molar-refractivity contribution in [3.05, 3.63) is 35.4 Å². The summed E-state index contributed by atoms with van der Waals surface area (Å²) in [6.07, 6.45) is 10.5. The highest BCUT2D eigenvalue weighted by molar-refractivity contribution is 5.25. The Morgan fingerprint density at radius 1 is 1.11 bits per heavy atom. The Morgan fingerprint density at radius 2 is 1.74 bits per heavy atom. The van der Waals surface area contributed by atoms with Crippen LogP contribution in [0.25, 0.3) is 0 Å². The van der Waals surface area contributed by atoms with Crippen molar-refractivity contribution in [1.82, 2.24) is 5.43 Å². The molecule has 0 aromatic heterocycles. The fourth-order valence-corrected chi connectivity index (χ4v) is 3.33. The van der Waals surface area contributed by atoms with Gasteiger partial charge in [0.1, 0.15) is 0 Å². The van der Waals surface area contributed by atoms with Crippen molar-refractivity contribution in [2.24, 2.45) is 11.8 Å². The van der Waals surface area contributed by atoms with Crippen LogP contribution in [0.4, 0.5) is 0 Å². The van der Waals surface area contributed by atoms with E-state index in [0.717, 1.165) is 0 Å². The molecule has 0 saturated heterocycles. The van der Waals surface area contributed by atoms with Gasteiger partial charge in [-0.05, 0) is 36.3 Å². The molecule has 1 unspecified atom stereocenters. The Kier molecular flexibility index (Phi) is 5.87. The molecule has 0 bridgehead atoms. The third kappa shape index (κ3) is 4.05. The van der Waals surface area contributed by atoms with Crippen LogP contribution < -0.4 is 11.3 Å². The van der Waals surface area contributed by atoms with Gasteiger partial charge in [-0.15, -0.1) is 0 Å². The van der Waals surface area contributed by atoms with Crippen molar-refractivity contribution in [1.29, 1.82) is 0 Å². The van der Waals surface area contributed by atoms with Gasteiger partial charge in [-0.25, -0.2) is 0 Å². The molecule has 0 heterocycles. The first kappa shape index (κ1) is 14.5. The average Bonchev–Trinajstić information content (AvgIpc) is 2.71. The minimum atomic E-state index is 0.328. The average molecular weight is 260 g/mol. The first-order chi connectivity index (χ1) is 9.35. The van der Waals surface area contributed by atoms with E-state index in [-0.39, 0.29) is 0 Å². The molecule has 0 aliphatic heterocycles. The van der Waals surface area contributed by atoms with Crippen molar-refractivity contribution in [3.8, 4) is 0 Å². The van der Waals surface area contributed by atoms with Gasteiger partial charge in [0.05, 0.1) is 0 Å². The number of hydrazine groups is 1. The molecule has 2 nitrogen and oxygen atoms in total. The summed E-state index contributed by atoms with van der Waals surface area (Å²) in [5.74, 6) is 6.53. The molecule has 0 amide bonds. The summed E-state index contributed by atoms with van der Waals surface area (Å²) in [7, 11) is 0. The van der Waals surface area contributed by atoms with Gasteiger partial charge >= 0.3 is 0 Å². The molecule has 19 heavy (non-hydrogen) atoms. The fraction of sp³-hybridized carbons (Fsp3) is 0.647. The van der Waals surface area contributed by atoms with Crippen molar-refractivity contribution in [3.63, 3.8) is 0 Å². The number of hydrogen-bond donors (Lipinski definition) is 2. The van der Waals surface area contributed by atoms with Gasteiger partial charge in [0.15, 0.2) is 0 Å². The smallest absolute Gasteiger partial charge is 0.0488 e. The van der Waals surface area contributed by atoms with Crippen LogP contribution in [0.2, 0.25) is 0 Å². The molecule has 1 atom stereocenters. The van der Waals surface area contributed by atoms with E-state index in [9.17, 15) is 0 Å². The molecule has 1 aliphatic carbocycles. The maximum absolute atomic E-state index is 5.83. The van der Waals surface area contributed by atoms with Gasteiger partial charge < -0.3 is 0 Å². The van der Waals surface area contributed by atoms with Crippen LogP contribution in [-0.4, -0.2) is 0 Å². The third-order valence-corrected chi connectivity index (χ3v) is 4.43. The van der Waals surface area contributed by atoms with E-state index in [2.05, 4.69) is 36.6 Å². The van der Waals surface area contributed by atoms with E-state index in [0.29, 0.717) is 12.0 Å². The zero-order chi connectivity index (χ0) is 13.5. The maximum atomic E-state index is 5.83. The Hall–Kier alpha value is -0.860. The topological polar surface area (TPSA) is 38.0 Å². The summed E-state index contributed by atoms with van der Waals surface area (Å²) in [5.41, 5.74) is 5.86. The van der Waals surface area contributed by atoms with Gasteiger partial charge in [0.25, 0.3) is 0 Å². The van der Waals surface area contributed by atoms with E-state index >= 15 is 0 Å². The van der Waals surface area contributed by atoms with Gasteiger partial charge in [-0.3, -0.25) is 11.3 Å². The van der Waals surface area contributed by atoms with Crippen LogP contribution in [0.1, 0.15) is 69.0 Å². The molecule has 1 fully saturated rings. The van der Waals surface area contributed by atoms with Gasteiger partial charge in [-0.1, -0.05) is 63.3 Å². The zero-order valence-electron chi connectivity index (χ0n) is 12.2. The molecule has 2 rings (SSSR count). The number of nitrogens with two attached hydrogens (primary N) is 1. The molecular formula is C17H28N2. The second kappa shape index (κ2) is 7.66. The Bertz CT molecular complexity index is 350. The summed E-state index contributed by atoms with van der Waals surface area (Å²) >= 11 is 0. The molecule has 2 heteroatoms. The summed E-state index contributed by atoms with van der Waals surface area (Å²) < 4.78 is 0. The summed E-state index contributed by atoms with van der Waals surface area (Å²) in [6.45, 7) is 2.23. The van der Waals surface area contributed by atoms with Crippen LogP contribution >= 0.6 is 0 Å². The zero-order valence-corrected chi connectivity index (χ0v) is 12.2. The van der Waals surface area contributed by atoms with Crippen LogP contribution in [0.3, 0.4) is 0 Å². The highest BCUT2D eigenvalue weighted by atomic mass is 15.2. The summed E-state index contributed by atoms with van der Waals surface area (Å²) in [6, 6.07) is 9.38. The molecule has 1 aromatic carbocycles. The maximum Gasteiger partial charge on any atom is 0.0488 e. The number of rotatable bonds is 5. The lowest BCUT2D eigenvalue weighted by atomic mass is 9.87. The van der Waals surface area contributed by atoms with E-state index < -0.39 is 0 Å². The Labute approximate surface area is 117 Å². The predicted molar refractivity (Wildman–Crippen MR) is 81.7 cm³/mol. The van der Waals surface area contributed by atoms with Gasteiger partial charge in [0.2, 0.25) is 0 Å². The third-order valence-electron chi connectivity index (χ3n) is 4.43. The Morgan fingerprint density at radius 3 is 2.26 bits per heavy atom. The van der Waals surface area contributed by atoms with Crippen LogP contribution in [0.15, 0.2) is 24.3 Å². The van der Waals surface area contributed by atoms with E-state index in [4.69, 9.17) is 5.84 Å². The van der Waals surface area contributed by atoms with Crippen molar-refractivity contribution < 1.29 is 0 Å². The van der Waals surface area contributed by atoms with Gasteiger partial charge in [0, 0.05) is 6.04 Å². The van der Waals surface area contributed by atoms with Crippen molar-refractivity contribution >= 4 is 0 Å². The molecule has 3 N–H and O–H groups in total. The monoisotopic (exact) mass is 260 g/mol. The lowest BCUT2D eigenvalue weighted by molar-refractivity contribution is 0.329. The number of benzene rings is 1. The largest absolute Gasteiger partial charge is 0.271 e. The van der Waals surface area contributed by atoms with Gasteiger partial charge in [-0.2, -0.15) is 0 Å². The van der Waals surface area contributed by atoms with Crippen molar-refractivity contribution in [2.75, 3.05) is 0 Å². The molecule has 1 aliphatic rings. The lowest BCUT2D eigenvalue weighted by Crippen LogP contribution is -2.33. The highest BCUT2D eigenvalue weighted by Crippen LogP contribution is 2.33. The van der Waals surface area contributed by atoms with Crippen LogP contribution in [0, 0.1) is 5.92 Å². The van der Waals surface area contributed by atoms with Crippen LogP contribution in [-0.2, 0) is 6.42 Å². The minimum Gasteiger partial charge on any atom is -0.271 e. The lowest BCUT2D eigenvalue weighted by Gasteiger charge is -2.26. The first-order valence-electron chi connectivity index (χ1n) is 7.90. The highest BCUT2D eigenvalue weighted by Gasteiger charge is 2.23. The minimum absolute atomic E-state index is 0.328. The van der Waals surface area contributed by atoms with Crippen LogP contribution in [0.5, 0.6) is 0 Å². The molecular weight excluding hydrogens is 232 g/mol. The quantitative estimate of drug-likeness (QED) is 0.475. The summed E-state index contributed by atoms with van der Waals surface area (Å²) in [4.78, 5) is 0. The van der Waals surface area contributed by atoms with E-state index in [1.54, 1.807) is 0 Å². The number of aryl methyl sites for hydroxylation is 1. The molecule has 1 aromatic rings. The summed E-state index contributed by atoms with van der Waals surface area (Å²) in [5, 5.41) is 0. The standard InChI is InChI=1S/C17H28N2/c1-2-7-14-10-12-16(13-11-14)17(19-18)15-8-5-3-4-6-9-15/h10-13,15,17,19H,2-9,18H2,1H3. The second-order valence-corrected chi connectivity index (χ2v) is 5.89.